The summed E-state index contributed by atoms with van der Waals surface area (Å²) in [5.74, 6) is 0.964. The van der Waals surface area contributed by atoms with Gasteiger partial charge < -0.3 is 15.2 Å². The summed E-state index contributed by atoms with van der Waals surface area (Å²) in [5.41, 5.74) is 8.57. The summed E-state index contributed by atoms with van der Waals surface area (Å²) in [4.78, 5) is 0. The van der Waals surface area contributed by atoms with Crippen LogP contribution in [0, 0.1) is 0 Å². The molecule has 1 heterocycles. The molecule has 0 radical (unpaired) electrons. The largest absolute Gasteiger partial charge is 0.493 e. The van der Waals surface area contributed by atoms with Gasteiger partial charge in [-0.05, 0) is 30.5 Å². The first-order valence-corrected chi connectivity index (χ1v) is 8.35. The van der Waals surface area contributed by atoms with E-state index in [9.17, 15) is 0 Å². The zero-order valence-corrected chi connectivity index (χ0v) is 13.3. The lowest BCUT2D eigenvalue weighted by Gasteiger charge is -2.27. The number of halogens is 1. The molecule has 0 amide bonds. The van der Waals surface area contributed by atoms with Crippen molar-refractivity contribution in [2.45, 2.75) is 57.1 Å². The van der Waals surface area contributed by atoms with Crippen molar-refractivity contribution < 1.29 is 9.47 Å². The Morgan fingerprint density at radius 3 is 2.71 bits per heavy atom. The predicted molar refractivity (Wildman–Crippen MR) is 84.9 cm³/mol. The summed E-state index contributed by atoms with van der Waals surface area (Å²) in [7, 11) is 0. The van der Waals surface area contributed by atoms with Crippen LogP contribution < -0.4 is 10.5 Å². The SMILES string of the molecule is NC1(COCc2cc(Cl)cc3c2OCC3)CCCCCC1. The van der Waals surface area contributed by atoms with E-state index in [1.54, 1.807) is 0 Å². The molecule has 1 aromatic rings. The summed E-state index contributed by atoms with van der Waals surface area (Å²) in [5, 5.41) is 0.759. The molecule has 1 fully saturated rings. The second kappa shape index (κ2) is 6.55. The van der Waals surface area contributed by atoms with Crippen molar-refractivity contribution in [1.29, 1.82) is 0 Å². The molecule has 3 rings (SSSR count). The van der Waals surface area contributed by atoms with Crippen LogP contribution in [-0.2, 0) is 17.8 Å². The molecule has 0 bridgehead atoms. The Hall–Kier alpha value is -0.770. The average Bonchev–Trinajstić information content (AvgIpc) is 2.80. The molecular weight excluding hydrogens is 286 g/mol. The number of fused-ring (bicyclic) bond motifs is 1. The quantitative estimate of drug-likeness (QED) is 0.859. The van der Waals surface area contributed by atoms with Gasteiger partial charge in [0.25, 0.3) is 0 Å². The Balaban J connectivity index is 1.60. The molecule has 2 aliphatic rings. The highest BCUT2D eigenvalue weighted by Gasteiger charge is 2.27. The lowest BCUT2D eigenvalue weighted by Crippen LogP contribution is -2.43. The molecule has 0 atom stereocenters. The zero-order chi connectivity index (χ0) is 14.7. The van der Waals surface area contributed by atoms with Crippen LogP contribution in [0.2, 0.25) is 5.02 Å². The number of hydrogen-bond acceptors (Lipinski definition) is 3. The van der Waals surface area contributed by atoms with Crippen molar-refractivity contribution in [3.8, 4) is 5.75 Å². The molecule has 1 saturated carbocycles. The van der Waals surface area contributed by atoms with Gasteiger partial charge in [-0.15, -0.1) is 0 Å². The van der Waals surface area contributed by atoms with Crippen molar-refractivity contribution in [2.24, 2.45) is 5.73 Å². The third kappa shape index (κ3) is 3.71. The van der Waals surface area contributed by atoms with E-state index in [2.05, 4.69) is 0 Å². The fourth-order valence-corrected chi connectivity index (χ4v) is 3.66. The van der Waals surface area contributed by atoms with Crippen LogP contribution >= 0.6 is 11.6 Å². The van der Waals surface area contributed by atoms with Gasteiger partial charge in [-0.3, -0.25) is 0 Å². The van der Waals surface area contributed by atoms with Gasteiger partial charge in [-0.25, -0.2) is 0 Å². The molecule has 2 N–H and O–H groups in total. The molecule has 21 heavy (non-hydrogen) atoms. The molecule has 4 heteroatoms. The smallest absolute Gasteiger partial charge is 0.128 e. The monoisotopic (exact) mass is 309 g/mol. The molecule has 0 unspecified atom stereocenters. The van der Waals surface area contributed by atoms with E-state index in [0.717, 1.165) is 42.2 Å². The third-order valence-corrected chi connectivity index (χ3v) is 4.79. The maximum atomic E-state index is 6.48. The van der Waals surface area contributed by atoms with Crippen LogP contribution in [0.1, 0.15) is 49.7 Å². The molecular formula is C17H24ClNO2. The maximum absolute atomic E-state index is 6.48. The van der Waals surface area contributed by atoms with Crippen LogP contribution in [0.15, 0.2) is 12.1 Å². The van der Waals surface area contributed by atoms with Gasteiger partial charge in [0.05, 0.1) is 19.8 Å². The van der Waals surface area contributed by atoms with E-state index in [1.165, 1.54) is 31.2 Å². The normalized spacial score (nSPS) is 20.7. The molecule has 1 aromatic carbocycles. The summed E-state index contributed by atoms with van der Waals surface area (Å²) in [6.07, 6.45) is 8.10. The Bertz CT molecular complexity index is 496. The van der Waals surface area contributed by atoms with E-state index in [-0.39, 0.29) is 5.54 Å². The Morgan fingerprint density at radius 2 is 1.95 bits per heavy atom. The van der Waals surface area contributed by atoms with Gasteiger partial charge in [0.1, 0.15) is 5.75 Å². The Morgan fingerprint density at radius 1 is 1.19 bits per heavy atom. The fraction of sp³-hybridized carbons (Fsp3) is 0.647. The second-order valence-electron chi connectivity index (χ2n) is 6.42. The fourth-order valence-electron chi connectivity index (χ4n) is 3.39. The maximum Gasteiger partial charge on any atom is 0.128 e. The van der Waals surface area contributed by atoms with Crippen LogP contribution in [0.3, 0.4) is 0 Å². The van der Waals surface area contributed by atoms with Gasteiger partial charge in [0.2, 0.25) is 0 Å². The molecule has 0 saturated heterocycles. The van der Waals surface area contributed by atoms with Gasteiger partial charge in [0.15, 0.2) is 0 Å². The first kappa shape index (κ1) is 15.1. The minimum absolute atomic E-state index is 0.154. The summed E-state index contributed by atoms with van der Waals surface area (Å²) in [6, 6.07) is 3.94. The van der Waals surface area contributed by atoms with Crippen LogP contribution in [0.25, 0.3) is 0 Å². The van der Waals surface area contributed by atoms with Gasteiger partial charge >= 0.3 is 0 Å². The highest BCUT2D eigenvalue weighted by atomic mass is 35.5. The number of ether oxygens (including phenoxy) is 2. The molecule has 1 aliphatic carbocycles. The number of hydrogen-bond donors (Lipinski definition) is 1. The van der Waals surface area contributed by atoms with Crippen LogP contribution in [-0.4, -0.2) is 18.8 Å². The zero-order valence-electron chi connectivity index (χ0n) is 12.5. The van der Waals surface area contributed by atoms with Crippen molar-refractivity contribution in [2.75, 3.05) is 13.2 Å². The minimum atomic E-state index is -0.154. The predicted octanol–water partition coefficient (Wildman–Crippen LogP) is 3.84. The van der Waals surface area contributed by atoms with Crippen molar-refractivity contribution in [3.05, 3.63) is 28.3 Å². The Labute approximate surface area is 131 Å². The third-order valence-electron chi connectivity index (χ3n) is 4.57. The van der Waals surface area contributed by atoms with E-state index >= 15 is 0 Å². The number of rotatable bonds is 4. The molecule has 3 nitrogen and oxygen atoms in total. The standard InChI is InChI=1S/C17H24ClNO2/c18-15-9-13-5-8-21-16(13)14(10-15)11-20-12-17(19)6-3-1-2-4-7-17/h9-10H,1-8,11-12,19H2. The second-order valence-corrected chi connectivity index (χ2v) is 6.86. The summed E-state index contributed by atoms with van der Waals surface area (Å²) < 4.78 is 11.6. The number of nitrogens with two attached hydrogens (primary N) is 1. The molecule has 0 aromatic heterocycles. The van der Waals surface area contributed by atoms with E-state index < -0.39 is 0 Å². The van der Waals surface area contributed by atoms with Crippen molar-refractivity contribution in [1.82, 2.24) is 0 Å². The topological polar surface area (TPSA) is 44.5 Å². The highest BCUT2D eigenvalue weighted by Crippen LogP contribution is 2.33. The first-order valence-electron chi connectivity index (χ1n) is 7.97. The molecule has 1 aliphatic heterocycles. The minimum Gasteiger partial charge on any atom is -0.493 e. The lowest BCUT2D eigenvalue weighted by atomic mass is 9.92. The number of benzene rings is 1. The van der Waals surface area contributed by atoms with Gasteiger partial charge in [-0.2, -0.15) is 0 Å². The van der Waals surface area contributed by atoms with Gasteiger partial charge in [0, 0.05) is 22.5 Å². The highest BCUT2D eigenvalue weighted by molar-refractivity contribution is 6.30. The van der Waals surface area contributed by atoms with E-state index in [4.69, 9.17) is 26.8 Å². The van der Waals surface area contributed by atoms with E-state index in [1.807, 2.05) is 12.1 Å². The van der Waals surface area contributed by atoms with Gasteiger partial charge in [-0.1, -0.05) is 37.3 Å². The Kier molecular flexibility index (Phi) is 4.72. The average molecular weight is 310 g/mol. The lowest BCUT2D eigenvalue weighted by molar-refractivity contribution is 0.0656. The molecule has 0 spiro atoms. The summed E-state index contributed by atoms with van der Waals surface area (Å²) in [6.45, 7) is 1.89. The van der Waals surface area contributed by atoms with E-state index in [0.29, 0.717) is 13.2 Å². The van der Waals surface area contributed by atoms with Crippen LogP contribution in [0.4, 0.5) is 0 Å². The van der Waals surface area contributed by atoms with Crippen molar-refractivity contribution >= 4 is 11.6 Å². The first-order chi connectivity index (χ1) is 10.2. The molecule has 116 valence electrons. The van der Waals surface area contributed by atoms with Crippen LogP contribution in [0.5, 0.6) is 5.75 Å². The van der Waals surface area contributed by atoms with Crippen molar-refractivity contribution in [3.63, 3.8) is 0 Å². The summed E-state index contributed by atoms with van der Waals surface area (Å²) >= 11 is 6.17.